The lowest BCUT2D eigenvalue weighted by Gasteiger charge is -2.11. The zero-order chi connectivity index (χ0) is 13.9. The predicted octanol–water partition coefficient (Wildman–Crippen LogP) is 2.34. The molecule has 6 heteroatoms. The van der Waals surface area contributed by atoms with E-state index in [-0.39, 0.29) is 11.3 Å². The maximum atomic E-state index is 11.8. The number of aliphatic hydroxyl groups excluding tert-OH is 1. The lowest BCUT2D eigenvalue weighted by molar-refractivity contribution is -0.146. The third-order valence-corrected chi connectivity index (χ3v) is 3.27. The summed E-state index contributed by atoms with van der Waals surface area (Å²) in [5, 5.41) is 17.6. The van der Waals surface area contributed by atoms with Gasteiger partial charge < -0.3 is 10.2 Å². The Bertz CT molecular complexity index is 473. The fourth-order valence-corrected chi connectivity index (χ4v) is 2.04. The number of benzene rings is 1. The molecule has 0 heterocycles. The third-order valence-electron chi connectivity index (χ3n) is 2.36. The Hall–Kier alpha value is -1.04. The first-order valence-corrected chi connectivity index (χ1v) is 6.81. The second-order valence-electron chi connectivity index (χ2n) is 3.72. The highest BCUT2D eigenvalue weighted by molar-refractivity contribution is 7.98. The van der Waals surface area contributed by atoms with Gasteiger partial charge in [0.2, 0.25) is 0 Å². The van der Waals surface area contributed by atoms with Gasteiger partial charge >= 0.3 is 5.97 Å². The highest BCUT2D eigenvalue weighted by Gasteiger charge is 2.20. The molecule has 1 aromatic carbocycles. The maximum Gasteiger partial charge on any atom is 0.337 e. The van der Waals surface area contributed by atoms with Crippen LogP contribution < -0.4 is 0 Å². The Morgan fingerprint density at radius 1 is 1.33 bits per heavy atom. The van der Waals surface area contributed by atoms with Crippen molar-refractivity contribution in [1.82, 2.24) is 0 Å². The van der Waals surface area contributed by atoms with E-state index in [1.165, 1.54) is 17.8 Å². The van der Waals surface area contributed by atoms with E-state index in [1.807, 2.05) is 0 Å². The monoisotopic (exact) mass is 288 g/mol. The van der Waals surface area contributed by atoms with Crippen LogP contribution in [0.3, 0.4) is 0 Å². The SMILES string of the molecule is CSc1cc(C(=O)C(C)Cl)cc(C(O)C(=O)O)c1. The lowest BCUT2D eigenvalue weighted by atomic mass is 10.0. The molecule has 0 radical (unpaired) electrons. The van der Waals surface area contributed by atoms with Gasteiger partial charge in [0.25, 0.3) is 0 Å². The number of carboxylic acids is 1. The molecule has 0 aromatic heterocycles. The molecule has 98 valence electrons. The summed E-state index contributed by atoms with van der Waals surface area (Å²) in [6.45, 7) is 1.54. The van der Waals surface area contributed by atoms with Crippen LogP contribution in [0.25, 0.3) is 0 Å². The average Bonchev–Trinajstić information content (AvgIpc) is 2.35. The number of hydrogen-bond acceptors (Lipinski definition) is 4. The summed E-state index contributed by atoms with van der Waals surface area (Å²) in [6.07, 6.45) is 0.152. The minimum absolute atomic E-state index is 0.176. The van der Waals surface area contributed by atoms with Gasteiger partial charge in [-0.2, -0.15) is 0 Å². The predicted molar refractivity (Wildman–Crippen MR) is 70.5 cm³/mol. The molecular formula is C12H13ClO4S. The summed E-state index contributed by atoms with van der Waals surface area (Å²) in [6, 6.07) is 4.53. The van der Waals surface area contributed by atoms with Crippen molar-refractivity contribution in [2.75, 3.05) is 6.26 Å². The highest BCUT2D eigenvalue weighted by atomic mass is 35.5. The summed E-state index contributed by atoms with van der Waals surface area (Å²) in [7, 11) is 0. The summed E-state index contributed by atoms with van der Waals surface area (Å²) >= 11 is 7.07. The van der Waals surface area contributed by atoms with E-state index in [2.05, 4.69) is 0 Å². The number of aliphatic hydroxyl groups is 1. The van der Waals surface area contributed by atoms with E-state index in [0.717, 1.165) is 0 Å². The first-order chi connectivity index (χ1) is 8.36. The molecule has 4 nitrogen and oxygen atoms in total. The summed E-state index contributed by atoms with van der Waals surface area (Å²) in [5.74, 6) is -1.66. The fourth-order valence-electron chi connectivity index (χ4n) is 1.41. The molecule has 0 bridgehead atoms. The van der Waals surface area contributed by atoms with E-state index >= 15 is 0 Å². The first-order valence-electron chi connectivity index (χ1n) is 5.15. The van der Waals surface area contributed by atoms with Crippen LogP contribution >= 0.6 is 23.4 Å². The Labute approximate surface area is 114 Å². The molecule has 0 fully saturated rings. The van der Waals surface area contributed by atoms with Crippen molar-refractivity contribution in [1.29, 1.82) is 0 Å². The minimum Gasteiger partial charge on any atom is -0.479 e. The van der Waals surface area contributed by atoms with Gasteiger partial charge in [-0.1, -0.05) is 0 Å². The molecular weight excluding hydrogens is 276 g/mol. The molecule has 0 amide bonds. The number of Topliss-reactive ketones (excluding diaryl/α,β-unsaturated/α-hetero) is 1. The number of thioether (sulfide) groups is 1. The van der Waals surface area contributed by atoms with Crippen molar-refractivity contribution in [3.05, 3.63) is 29.3 Å². The van der Waals surface area contributed by atoms with E-state index in [1.54, 1.807) is 25.3 Å². The molecule has 2 unspecified atom stereocenters. The van der Waals surface area contributed by atoms with Crippen molar-refractivity contribution in [3.8, 4) is 0 Å². The number of aliphatic carboxylic acids is 1. The maximum absolute atomic E-state index is 11.8. The topological polar surface area (TPSA) is 74.6 Å². The van der Waals surface area contributed by atoms with Crippen LogP contribution in [-0.4, -0.2) is 33.6 Å². The number of rotatable bonds is 5. The van der Waals surface area contributed by atoms with Gasteiger partial charge in [0.1, 0.15) is 0 Å². The van der Waals surface area contributed by atoms with Crippen LogP contribution in [0.1, 0.15) is 28.9 Å². The van der Waals surface area contributed by atoms with Crippen LogP contribution in [0.15, 0.2) is 23.1 Å². The molecule has 0 aliphatic heterocycles. The number of hydrogen-bond donors (Lipinski definition) is 2. The average molecular weight is 289 g/mol. The quantitative estimate of drug-likeness (QED) is 0.494. The third kappa shape index (κ3) is 3.48. The van der Waals surface area contributed by atoms with Gasteiger partial charge in [0.15, 0.2) is 11.9 Å². The Morgan fingerprint density at radius 3 is 2.39 bits per heavy atom. The second kappa shape index (κ2) is 6.22. The molecule has 0 spiro atoms. The highest BCUT2D eigenvalue weighted by Crippen LogP contribution is 2.24. The molecule has 1 aromatic rings. The van der Waals surface area contributed by atoms with Crippen molar-refractivity contribution in [2.24, 2.45) is 0 Å². The number of carboxylic acid groups (broad SMARTS) is 1. The molecule has 0 aliphatic rings. The van der Waals surface area contributed by atoms with Crippen LogP contribution in [0.5, 0.6) is 0 Å². The van der Waals surface area contributed by atoms with Crippen LogP contribution in [-0.2, 0) is 4.79 Å². The number of halogens is 1. The smallest absolute Gasteiger partial charge is 0.337 e. The zero-order valence-corrected chi connectivity index (χ0v) is 11.5. The van der Waals surface area contributed by atoms with Crippen LogP contribution in [0, 0.1) is 0 Å². The summed E-state index contributed by atoms with van der Waals surface area (Å²) in [5.41, 5.74) is 0.481. The van der Waals surface area contributed by atoms with Gasteiger partial charge in [-0.25, -0.2) is 4.79 Å². The van der Waals surface area contributed by atoms with Gasteiger partial charge in [-0.15, -0.1) is 23.4 Å². The van der Waals surface area contributed by atoms with Crippen molar-refractivity contribution in [3.63, 3.8) is 0 Å². The second-order valence-corrected chi connectivity index (χ2v) is 5.25. The summed E-state index contributed by atoms with van der Waals surface area (Å²) in [4.78, 5) is 23.2. The molecule has 0 saturated heterocycles. The van der Waals surface area contributed by atoms with Crippen molar-refractivity contribution in [2.45, 2.75) is 23.3 Å². The number of alkyl halides is 1. The lowest BCUT2D eigenvalue weighted by Crippen LogP contribution is -2.14. The van der Waals surface area contributed by atoms with E-state index in [0.29, 0.717) is 10.5 Å². The van der Waals surface area contributed by atoms with E-state index in [9.17, 15) is 14.7 Å². The van der Waals surface area contributed by atoms with Crippen LogP contribution in [0.4, 0.5) is 0 Å². The number of ketones is 1. The Morgan fingerprint density at radius 2 is 1.94 bits per heavy atom. The molecule has 2 N–H and O–H groups in total. The molecule has 0 saturated carbocycles. The van der Waals surface area contributed by atoms with Crippen molar-refractivity contribution >= 4 is 35.1 Å². The molecule has 2 atom stereocenters. The van der Waals surface area contributed by atoms with E-state index < -0.39 is 17.5 Å². The molecule has 0 aliphatic carbocycles. The normalized spacial score (nSPS) is 14.0. The Balaban J connectivity index is 3.25. The van der Waals surface area contributed by atoms with Gasteiger partial charge in [-0.3, -0.25) is 4.79 Å². The molecule has 1 rings (SSSR count). The Kier molecular flexibility index (Phi) is 5.19. The standard InChI is InChI=1S/C12H13ClO4S/c1-6(13)10(14)7-3-8(11(15)12(16)17)5-9(4-7)18-2/h3-6,11,15H,1-2H3,(H,16,17). The number of carbonyl (C=O) groups is 2. The largest absolute Gasteiger partial charge is 0.479 e. The van der Waals surface area contributed by atoms with Crippen LogP contribution in [0.2, 0.25) is 0 Å². The van der Waals surface area contributed by atoms with Gasteiger partial charge in [0, 0.05) is 10.5 Å². The zero-order valence-electron chi connectivity index (χ0n) is 9.88. The van der Waals surface area contributed by atoms with Crippen molar-refractivity contribution < 1.29 is 19.8 Å². The fraction of sp³-hybridized carbons (Fsp3) is 0.333. The minimum atomic E-state index is -1.64. The number of carbonyl (C=O) groups excluding carboxylic acids is 1. The van der Waals surface area contributed by atoms with E-state index in [4.69, 9.17) is 16.7 Å². The van der Waals surface area contributed by atoms with Gasteiger partial charge in [0.05, 0.1) is 5.38 Å². The summed E-state index contributed by atoms with van der Waals surface area (Å²) < 4.78 is 0. The van der Waals surface area contributed by atoms with Gasteiger partial charge in [-0.05, 0) is 36.9 Å². The molecule has 18 heavy (non-hydrogen) atoms. The first kappa shape index (κ1) is 15.0.